The minimum absolute atomic E-state index is 0.0477. The van der Waals surface area contributed by atoms with E-state index in [2.05, 4.69) is 5.32 Å². The minimum atomic E-state index is -0.703. The number of methoxy groups -OCH3 is 1. The summed E-state index contributed by atoms with van der Waals surface area (Å²) in [6, 6.07) is 3.42. The van der Waals surface area contributed by atoms with Crippen molar-refractivity contribution in [2.45, 2.75) is 26.2 Å². The van der Waals surface area contributed by atoms with E-state index in [1.807, 2.05) is 0 Å². The highest BCUT2D eigenvalue weighted by Gasteiger charge is 2.42. The summed E-state index contributed by atoms with van der Waals surface area (Å²) in [5, 5.41) is 2.79. The molecule has 0 radical (unpaired) electrons. The van der Waals surface area contributed by atoms with Crippen LogP contribution in [0.15, 0.2) is 12.1 Å². The molecule has 1 aromatic rings. The molecule has 17 heavy (non-hydrogen) atoms. The van der Waals surface area contributed by atoms with E-state index in [1.165, 1.54) is 6.92 Å². The summed E-state index contributed by atoms with van der Waals surface area (Å²) < 4.78 is 5.21. The molecule has 0 unspecified atom stereocenters. The number of fused-ring (bicyclic) bond motifs is 1. The molecular weight excluding hydrogens is 218 g/mol. The lowest BCUT2D eigenvalue weighted by Crippen LogP contribution is -2.28. The second-order valence-corrected chi connectivity index (χ2v) is 4.70. The summed E-state index contributed by atoms with van der Waals surface area (Å²) in [5.74, 6) is 0.428. The van der Waals surface area contributed by atoms with Crippen LogP contribution in [0, 0.1) is 0 Å². The van der Waals surface area contributed by atoms with Crippen LogP contribution >= 0.6 is 0 Å². The molecule has 1 heterocycles. The predicted molar refractivity (Wildman–Crippen MR) is 64.7 cm³/mol. The van der Waals surface area contributed by atoms with Gasteiger partial charge in [-0.3, -0.25) is 9.59 Å². The van der Waals surface area contributed by atoms with Gasteiger partial charge >= 0.3 is 0 Å². The van der Waals surface area contributed by atoms with Crippen molar-refractivity contribution in [3.05, 3.63) is 23.3 Å². The molecular formula is C13H15NO3. The normalized spacial score (nSPS) is 16.4. The first kappa shape index (κ1) is 11.6. The fourth-order valence-electron chi connectivity index (χ4n) is 2.20. The van der Waals surface area contributed by atoms with Crippen molar-refractivity contribution in [1.82, 2.24) is 0 Å². The van der Waals surface area contributed by atoms with Gasteiger partial charge in [0.2, 0.25) is 5.91 Å². The van der Waals surface area contributed by atoms with Gasteiger partial charge in [0.05, 0.1) is 18.2 Å². The molecule has 0 bridgehead atoms. The molecule has 0 saturated heterocycles. The van der Waals surface area contributed by atoms with Crippen molar-refractivity contribution in [3.63, 3.8) is 0 Å². The van der Waals surface area contributed by atoms with Crippen LogP contribution in [-0.2, 0) is 10.2 Å². The van der Waals surface area contributed by atoms with Crippen molar-refractivity contribution in [2.24, 2.45) is 0 Å². The Morgan fingerprint density at radius 3 is 2.53 bits per heavy atom. The number of carbonyl (C=O) groups is 2. The molecule has 1 aromatic carbocycles. The first-order valence-corrected chi connectivity index (χ1v) is 5.43. The highest BCUT2D eigenvalue weighted by atomic mass is 16.5. The zero-order valence-corrected chi connectivity index (χ0v) is 10.4. The van der Waals surface area contributed by atoms with Crippen molar-refractivity contribution in [1.29, 1.82) is 0 Å². The number of amides is 1. The number of Topliss-reactive ketones (excluding diaryl/α,β-unsaturated/α-hetero) is 1. The number of hydrogen-bond acceptors (Lipinski definition) is 3. The average Bonchev–Trinajstić information content (AvgIpc) is 2.49. The average molecular weight is 233 g/mol. The third-order valence-corrected chi connectivity index (χ3v) is 3.20. The van der Waals surface area contributed by atoms with Crippen LogP contribution in [0.1, 0.15) is 36.7 Å². The van der Waals surface area contributed by atoms with Gasteiger partial charge in [0.1, 0.15) is 5.75 Å². The molecule has 2 rings (SSSR count). The maximum atomic E-state index is 11.9. The zero-order valence-electron chi connectivity index (χ0n) is 10.4. The molecule has 4 nitrogen and oxygen atoms in total. The first-order chi connectivity index (χ1) is 7.89. The van der Waals surface area contributed by atoms with E-state index in [-0.39, 0.29) is 11.7 Å². The van der Waals surface area contributed by atoms with E-state index in [4.69, 9.17) is 4.74 Å². The van der Waals surface area contributed by atoms with Crippen molar-refractivity contribution < 1.29 is 14.3 Å². The second-order valence-electron chi connectivity index (χ2n) is 4.70. The third-order valence-electron chi connectivity index (χ3n) is 3.20. The van der Waals surface area contributed by atoms with Crippen molar-refractivity contribution in [2.75, 3.05) is 12.4 Å². The number of benzene rings is 1. The summed E-state index contributed by atoms with van der Waals surface area (Å²) in [6.07, 6.45) is 0. The fraction of sp³-hybridized carbons (Fsp3) is 0.385. The van der Waals surface area contributed by atoms with Crippen LogP contribution in [-0.4, -0.2) is 18.8 Å². The van der Waals surface area contributed by atoms with Gasteiger partial charge < -0.3 is 10.1 Å². The Balaban J connectivity index is 2.77. The smallest absolute Gasteiger partial charge is 0.234 e. The van der Waals surface area contributed by atoms with Crippen molar-refractivity contribution >= 4 is 17.4 Å². The summed E-state index contributed by atoms with van der Waals surface area (Å²) in [5.41, 5.74) is 1.22. The van der Waals surface area contributed by atoms with Gasteiger partial charge in [0.15, 0.2) is 5.78 Å². The Bertz CT molecular complexity index is 518. The lowest BCUT2D eigenvalue weighted by Gasteiger charge is -2.18. The Morgan fingerprint density at radius 2 is 2.00 bits per heavy atom. The van der Waals surface area contributed by atoms with E-state index in [0.29, 0.717) is 17.0 Å². The van der Waals surface area contributed by atoms with Gasteiger partial charge in [0.25, 0.3) is 0 Å². The quantitative estimate of drug-likeness (QED) is 0.796. The van der Waals surface area contributed by atoms with E-state index < -0.39 is 5.41 Å². The van der Waals surface area contributed by atoms with Gasteiger partial charge in [-0.15, -0.1) is 0 Å². The topological polar surface area (TPSA) is 55.4 Å². The molecule has 0 spiro atoms. The zero-order chi connectivity index (χ0) is 12.8. The Labute approximate surface area is 100.0 Å². The van der Waals surface area contributed by atoms with E-state index in [9.17, 15) is 9.59 Å². The highest BCUT2D eigenvalue weighted by Crippen LogP contribution is 2.44. The Kier molecular flexibility index (Phi) is 2.45. The molecule has 0 aromatic heterocycles. The van der Waals surface area contributed by atoms with E-state index >= 15 is 0 Å². The number of hydrogen-bond donors (Lipinski definition) is 1. The number of anilines is 1. The lowest BCUT2D eigenvalue weighted by atomic mass is 9.82. The van der Waals surface area contributed by atoms with E-state index in [1.54, 1.807) is 33.1 Å². The molecule has 1 amide bonds. The Hall–Kier alpha value is -1.84. The molecule has 0 saturated carbocycles. The second kappa shape index (κ2) is 3.58. The molecule has 4 heteroatoms. The maximum absolute atomic E-state index is 11.9. The maximum Gasteiger partial charge on any atom is 0.234 e. The number of ether oxygens (including phenoxy) is 1. The van der Waals surface area contributed by atoms with Gasteiger partial charge in [-0.05, 0) is 32.9 Å². The highest BCUT2D eigenvalue weighted by molar-refractivity contribution is 6.11. The molecule has 1 aliphatic rings. The summed E-state index contributed by atoms with van der Waals surface area (Å²) in [4.78, 5) is 23.5. The largest absolute Gasteiger partial charge is 0.495 e. The van der Waals surface area contributed by atoms with Crippen molar-refractivity contribution in [3.8, 4) is 5.75 Å². The standard InChI is InChI=1S/C13H15NO3/c1-7(15)8-5-6-9(17-4)11-10(8)13(2,3)12(16)14-11/h5-6H,1-4H3,(H,14,16). The molecule has 90 valence electrons. The van der Waals surface area contributed by atoms with Crippen LogP contribution in [0.4, 0.5) is 5.69 Å². The van der Waals surface area contributed by atoms with Crippen LogP contribution < -0.4 is 10.1 Å². The molecule has 0 atom stereocenters. The minimum Gasteiger partial charge on any atom is -0.495 e. The monoisotopic (exact) mass is 233 g/mol. The molecule has 0 aliphatic carbocycles. The number of rotatable bonds is 2. The summed E-state index contributed by atoms with van der Waals surface area (Å²) in [6.45, 7) is 5.11. The third kappa shape index (κ3) is 1.52. The first-order valence-electron chi connectivity index (χ1n) is 5.43. The number of carbonyl (C=O) groups excluding carboxylic acids is 2. The molecule has 1 N–H and O–H groups in total. The molecule has 1 aliphatic heterocycles. The fourth-order valence-corrected chi connectivity index (χ4v) is 2.20. The summed E-state index contributed by atoms with van der Waals surface area (Å²) in [7, 11) is 1.54. The van der Waals surface area contributed by atoms with Gasteiger partial charge in [-0.1, -0.05) is 0 Å². The van der Waals surface area contributed by atoms with Crippen LogP contribution in [0.2, 0.25) is 0 Å². The number of nitrogens with one attached hydrogen (secondary N) is 1. The SMILES string of the molecule is COc1ccc(C(C)=O)c2c1NC(=O)C2(C)C. The summed E-state index contributed by atoms with van der Waals surface area (Å²) >= 11 is 0. The van der Waals surface area contributed by atoms with Crippen LogP contribution in [0.3, 0.4) is 0 Å². The molecule has 0 fully saturated rings. The lowest BCUT2D eigenvalue weighted by molar-refractivity contribution is -0.119. The van der Waals surface area contributed by atoms with Gasteiger partial charge in [-0.2, -0.15) is 0 Å². The van der Waals surface area contributed by atoms with Gasteiger partial charge in [0, 0.05) is 11.1 Å². The van der Waals surface area contributed by atoms with Crippen LogP contribution in [0.25, 0.3) is 0 Å². The van der Waals surface area contributed by atoms with Gasteiger partial charge in [-0.25, -0.2) is 0 Å². The predicted octanol–water partition coefficient (Wildman–Crippen LogP) is 2.13. The van der Waals surface area contributed by atoms with E-state index in [0.717, 1.165) is 5.56 Å². The Morgan fingerprint density at radius 1 is 1.35 bits per heavy atom. The number of ketones is 1. The van der Waals surface area contributed by atoms with Crippen LogP contribution in [0.5, 0.6) is 5.75 Å².